The highest BCUT2D eigenvalue weighted by molar-refractivity contribution is 5.91. The molecule has 0 aromatic heterocycles. The minimum absolute atomic E-state index is 0.00431. The molecule has 0 heterocycles. The van der Waals surface area contributed by atoms with Crippen LogP contribution in [-0.2, 0) is 9.59 Å². The van der Waals surface area contributed by atoms with Crippen LogP contribution < -0.4 is 11.1 Å². The number of hydrogen-bond donors (Lipinski definition) is 3. The molecule has 16 heavy (non-hydrogen) atoms. The Bertz CT molecular complexity index is 391. The fourth-order valence-corrected chi connectivity index (χ4v) is 1.24. The van der Waals surface area contributed by atoms with Gasteiger partial charge in [-0.1, -0.05) is 6.07 Å². The van der Waals surface area contributed by atoms with Crippen LogP contribution in [0, 0.1) is 0 Å². The third-order valence-electron chi connectivity index (χ3n) is 1.96. The van der Waals surface area contributed by atoms with Gasteiger partial charge in [0.05, 0.1) is 0 Å². The van der Waals surface area contributed by atoms with Gasteiger partial charge in [0.1, 0.15) is 0 Å². The molecule has 4 N–H and O–H groups in total. The van der Waals surface area contributed by atoms with Crippen molar-refractivity contribution >= 4 is 23.3 Å². The molecule has 1 amide bonds. The number of carbonyl (C=O) groups is 2. The van der Waals surface area contributed by atoms with Gasteiger partial charge in [-0.05, 0) is 24.6 Å². The first-order valence-corrected chi connectivity index (χ1v) is 4.95. The molecule has 0 saturated carbocycles. The van der Waals surface area contributed by atoms with Crippen LogP contribution in [0.25, 0.3) is 0 Å². The van der Waals surface area contributed by atoms with E-state index in [4.69, 9.17) is 10.8 Å². The smallest absolute Gasteiger partial charge is 0.303 e. The Balaban J connectivity index is 2.37. The van der Waals surface area contributed by atoms with E-state index >= 15 is 0 Å². The van der Waals surface area contributed by atoms with Gasteiger partial charge in [0, 0.05) is 24.2 Å². The first-order valence-electron chi connectivity index (χ1n) is 4.95. The normalized spacial score (nSPS) is 9.75. The molecule has 5 nitrogen and oxygen atoms in total. The molecule has 1 rings (SSSR count). The molecular formula is C11H14N2O3. The molecule has 0 bridgehead atoms. The van der Waals surface area contributed by atoms with Crippen molar-refractivity contribution in [2.75, 3.05) is 11.1 Å². The lowest BCUT2D eigenvalue weighted by Gasteiger charge is -2.04. The highest BCUT2D eigenvalue weighted by atomic mass is 16.4. The Morgan fingerprint density at radius 2 is 2.06 bits per heavy atom. The van der Waals surface area contributed by atoms with E-state index in [1.807, 2.05) is 0 Å². The number of aliphatic carboxylic acids is 1. The number of hydrogen-bond acceptors (Lipinski definition) is 3. The van der Waals surface area contributed by atoms with E-state index in [1.54, 1.807) is 24.3 Å². The van der Waals surface area contributed by atoms with E-state index in [1.165, 1.54) is 0 Å². The summed E-state index contributed by atoms with van der Waals surface area (Å²) in [6.45, 7) is 0. The van der Waals surface area contributed by atoms with Gasteiger partial charge in [0.25, 0.3) is 0 Å². The summed E-state index contributed by atoms with van der Waals surface area (Å²) in [5.74, 6) is -1.09. The van der Waals surface area contributed by atoms with Gasteiger partial charge in [0.15, 0.2) is 0 Å². The highest BCUT2D eigenvalue weighted by Crippen LogP contribution is 2.12. The number of carboxylic acids is 1. The number of rotatable bonds is 5. The second-order valence-corrected chi connectivity index (χ2v) is 3.42. The minimum atomic E-state index is -0.892. The molecule has 0 aliphatic heterocycles. The zero-order chi connectivity index (χ0) is 12.0. The largest absolute Gasteiger partial charge is 0.481 e. The monoisotopic (exact) mass is 222 g/mol. The maximum Gasteiger partial charge on any atom is 0.303 e. The van der Waals surface area contributed by atoms with Crippen LogP contribution in [0.3, 0.4) is 0 Å². The van der Waals surface area contributed by atoms with Crippen molar-refractivity contribution in [2.45, 2.75) is 19.3 Å². The summed E-state index contributed by atoms with van der Waals surface area (Å²) in [4.78, 5) is 21.6. The van der Waals surface area contributed by atoms with Crippen LogP contribution in [0.15, 0.2) is 24.3 Å². The summed E-state index contributed by atoms with van der Waals surface area (Å²) < 4.78 is 0. The SMILES string of the molecule is Nc1cccc(NC(=O)CCCC(=O)O)c1. The fourth-order valence-electron chi connectivity index (χ4n) is 1.24. The number of nitrogens with two attached hydrogens (primary N) is 1. The number of carboxylic acid groups (broad SMARTS) is 1. The number of amides is 1. The van der Waals surface area contributed by atoms with Crippen molar-refractivity contribution in [3.05, 3.63) is 24.3 Å². The van der Waals surface area contributed by atoms with E-state index in [9.17, 15) is 9.59 Å². The van der Waals surface area contributed by atoms with E-state index < -0.39 is 5.97 Å². The lowest BCUT2D eigenvalue weighted by Crippen LogP contribution is -2.11. The van der Waals surface area contributed by atoms with Gasteiger partial charge < -0.3 is 16.2 Å². The van der Waals surface area contributed by atoms with Gasteiger partial charge in [0.2, 0.25) is 5.91 Å². The topological polar surface area (TPSA) is 92.4 Å². The van der Waals surface area contributed by atoms with E-state index in [0.29, 0.717) is 17.8 Å². The van der Waals surface area contributed by atoms with Gasteiger partial charge in [-0.15, -0.1) is 0 Å². The second kappa shape index (κ2) is 5.75. The Morgan fingerprint density at radius 1 is 1.31 bits per heavy atom. The Labute approximate surface area is 93.3 Å². The second-order valence-electron chi connectivity index (χ2n) is 3.42. The molecule has 1 aromatic rings. The van der Waals surface area contributed by atoms with Crippen LogP contribution in [-0.4, -0.2) is 17.0 Å². The maximum absolute atomic E-state index is 11.4. The lowest BCUT2D eigenvalue weighted by molar-refractivity contribution is -0.137. The van der Waals surface area contributed by atoms with Crippen molar-refractivity contribution in [1.82, 2.24) is 0 Å². The lowest BCUT2D eigenvalue weighted by atomic mass is 10.2. The van der Waals surface area contributed by atoms with Crippen LogP contribution >= 0.6 is 0 Å². The molecule has 0 aliphatic rings. The first-order chi connectivity index (χ1) is 7.58. The molecule has 1 aromatic carbocycles. The Morgan fingerprint density at radius 3 is 2.69 bits per heavy atom. The number of nitrogens with one attached hydrogen (secondary N) is 1. The van der Waals surface area contributed by atoms with Crippen LogP contribution in [0.1, 0.15) is 19.3 Å². The molecule has 0 spiro atoms. The Hall–Kier alpha value is -2.04. The van der Waals surface area contributed by atoms with E-state index in [0.717, 1.165) is 0 Å². The first kappa shape index (κ1) is 12.0. The summed E-state index contributed by atoms with van der Waals surface area (Å²) in [5, 5.41) is 11.0. The third-order valence-corrected chi connectivity index (χ3v) is 1.96. The maximum atomic E-state index is 11.4. The molecule has 0 radical (unpaired) electrons. The summed E-state index contributed by atoms with van der Waals surface area (Å²) in [5.41, 5.74) is 6.74. The molecule has 0 aliphatic carbocycles. The van der Waals surface area contributed by atoms with E-state index in [2.05, 4.69) is 5.32 Å². The molecule has 86 valence electrons. The predicted octanol–water partition coefficient (Wildman–Crippen LogP) is 1.46. The van der Waals surface area contributed by atoms with Crippen molar-refractivity contribution in [3.63, 3.8) is 0 Å². The number of nitrogen functional groups attached to an aromatic ring is 1. The number of carbonyl (C=O) groups excluding carboxylic acids is 1. The van der Waals surface area contributed by atoms with Crippen LogP contribution in [0.5, 0.6) is 0 Å². The molecular weight excluding hydrogens is 208 g/mol. The van der Waals surface area contributed by atoms with Crippen LogP contribution in [0.4, 0.5) is 11.4 Å². The van der Waals surface area contributed by atoms with E-state index in [-0.39, 0.29) is 18.7 Å². The molecule has 0 atom stereocenters. The summed E-state index contributed by atoms with van der Waals surface area (Å²) in [6, 6.07) is 6.84. The zero-order valence-corrected chi connectivity index (χ0v) is 8.77. The minimum Gasteiger partial charge on any atom is -0.481 e. The average molecular weight is 222 g/mol. The molecule has 5 heteroatoms. The van der Waals surface area contributed by atoms with Crippen molar-refractivity contribution in [1.29, 1.82) is 0 Å². The van der Waals surface area contributed by atoms with Crippen LogP contribution in [0.2, 0.25) is 0 Å². The molecule has 0 saturated heterocycles. The van der Waals surface area contributed by atoms with Gasteiger partial charge in [-0.25, -0.2) is 0 Å². The highest BCUT2D eigenvalue weighted by Gasteiger charge is 2.04. The van der Waals surface area contributed by atoms with Gasteiger partial charge in [-0.2, -0.15) is 0 Å². The standard InChI is InChI=1S/C11H14N2O3/c12-8-3-1-4-9(7-8)13-10(14)5-2-6-11(15)16/h1,3-4,7H,2,5-6,12H2,(H,13,14)(H,15,16). The van der Waals surface area contributed by atoms with Crippen molar-refractivity contribution < 1.29 is 14.7 Å². The molecule has 0 unspecified atom stereocenters. The third kappa shape index (κ3) is 4.45. The number of anilines is 2. The summed E-state index contributed by atoms with van der Waals surface area (Å²) in [7, 11) is 0. The molecule has 0 fully saturated rings. The van der Waals surface area contributed by atoms with Crippen molar-refractivity contribution in [2.24, 2.45) is 0 Å². The average Bonchev–Trinajstić information content (AvgIpc) is 2.16. The fraction of sp³-hybridized carbons (Fsp3) is 0.273. The van der Waals surface area contributed by atoms with Crippen molar-refractivity contribution in [3.8, 4) is 0 Å². The number of benzene rings is 1. The quantitative estimate of drug-likeness (QED) is 0.657. The van der Waals surface area contributed by atoms with Gasteiger partial charge >= 0.3 is 5.97 Å². The Kier molecular flexibility index (Phi) is 4.32. The summed E-state index contributed by atoms with van der Waals surface area (Å²) >= 11 is 0. The zero-order valence-electron chi connectivity index (χ0n) is 8.77. The predicted molar refractivity (Wildman–Crippen MR) is 61.0 cm³/mol. The summed E-state index contributed by atoms with van der Waals surface area (Å²) in [6.07, 6.45) is 0.537. The van der Waals surface area contributed by atoms with Gasteiger partial charge in [-0.3, -0.25) is 9.59 Å².